The Kier molecular flexibility index (Phi) is 3.80. The first-order chi connectivity index (χ1) is 6.80. The summed E-state index contributed by atoms with van der Waals surface area (Å²) < 4.78 is 38.3. The van der Waals surface area contributed by atoms with Crippen LogP contribution in [0, 0.1) is 5.92 Å². The van der Waals surface area contributed by atoms with Crippen LogP contribution in [0.15, 0.2) is 0 Å². The lowest BCUT2D eigenvalue weighted by Gasteiger charge is -2.31. The van der Waals surface area contributed by atoms with Gasteiger partial charge in [-0.1, -0.05) is 33.1 Å². The summed E-state index contributed by atoms with van der Waals surface area (Å²) in [6, 6.07) is 0. The molecule has 0 saturated heterocycles. The lowest BCUT2D eigenvalue weighted by Crippen LogP contribution is -2.43. The fourth-order valence-electron chi connectivity index (χ4n) is 2.03. The van der Waals surface area contributed by atoms with Gasteiger partial charge in [0.25, 0.3) is 0 Å². The van der Waals surface area contributed by atoms with E-state index in [9.17, 15) is 12.8 Å². The Hall–Kier alpha value is -0.120. The molecule has 0 aromatic heterocycles. The van der Waals surface area contributed by atoms with E-state index in [-0.39, 0.29) is 0 Å². The summed E-state index contributed by atoms with van der Waals surface area (Å²) in [5, 5.41) is -2.53. The average molecular weight is 236 g/mol. The van der Waals surface area contributed by atoms with Gasteiger partial charge in [0.2, 0.25) is 5.00 Å². The van der Waals surface area contributed by atoms with Gasteiger partial charge in [-0.3, -0.25) is 0 Å². The van der Waals surface area contributed by atoms with Crippen LogP contribution in [0.5, 0.6) is 0 Å². The van der Waals surface area contributed by atoms with Crippen molar-refractivity contribution in [3.8, 4) is 0 Å². The van der Waals surface area contributed by atoms with Crippen molar-refractivity contribution in [2.75, 3.05) is 0 Å². The molecule has 0 radical (unpaired) electrons. The molecule has 0 spiro atoms. The van der Waals surface area contributed by atoms with E-state index in [1.54, 1.807) is 13.8 Å². The van der Waals surface area contributed by atoms with Crippen LogP contribution >= 0.6 is 0 Å². The monoisotopic (exact) mass is 236 g/mol. The molecule has 1 saturated carbocycles. The minimum absolute atomic E-state index is 0.455. The highest BCUT2D eigenvalue weighted by atomic mass is 32.2. The molecule has 0 bridgehead atoms. The molecule has 2 nitrogen and oxygen atoms in total. The number of hydrogen-bond acceptors (Lipinski definition) is 2. The maximum Gasteiger partial charge on any atom is 0.210 e. The zero-order valence-corrected chi connectivity index (χ0v) is 10.6. The van der Waals surface area contributed by atoms with Crippen LogP contribution in [0.4, 0.5) is 4.39 Å². The molecule has 0 N–H and O–H groups in total. The zero-order chi connectivity index (χ0) is 11.7. The van der Waals surface area contributed by atoms with Crippen molar-refractivity contribution in [3.05, 3.63) is 0 Å². The van der Waals surface area contributed by atoms with Gasteiger partial charge in [0.05, 0.1) is 5.25 Å². The van der Waals surface area contributed by atoms with Crippen LogP contribution in [0.3, 0.4) is 0 Å². The van der Waals surface area contributed by atoms with E-state index in [4.69, 9.17) is 0 Å². The van der Waals surface area contributed by atoms with E-state index < -0.39 is 26.0 Å². The van der Waals surface area contributed by atoms with E-state index >= 15 is 0 Å². The first kappa shape index (κ1) is 12.9. The highest BCUT2D eigenvalue weighted by Gasteiger charge is 2.46. The minimum atomic E-state index is -3.63. The SMILES string of the molecule is CC(C)C(C)(F)S(=O)(=O)C1CCCCC1. The molecule has 0 aliphatic heterocycles. The van der Waals surface area contributed by atoms with Gasteiger partial charge in [-0.15, -0.1) is 0 Å². The van der Waals surface area contributed by atoms with Crippen molar-refractivity contribution in [3.63, 3.8) is 0 Å². The van der Waals surface area contributed by atoms with Gasteiger partial charge in [-0.2, -0.15) is 0 Å². The molecular weight excluding hydrogens is 215 g/mol. The Labute approximate surface area is 92.2 Å². The van der Waals surface area contributed by atoms with Gasteiger partial charge in [0.15, 0.2) is 9.84 Å². The van der Waals surface area contributed by atoms with Crippen molar-refractivity contribution in [1.82, 2.24) is 0 Å². The lowest BCUT2D eigenvalue weighted by molar-refractivity contribution is 0.215. The molecule has 0 aromatic rings. The predicted octanol–water partition coefficient (Wildman–Crippen LogP) is 3.08. The van der Waals surface area contributed by atoms with Crippen LogP contribution in [0.25, 0.3) is 0 Å². The molecule has 0 heterocycles. The highest BCUT2D eigenvalue weighted by Crippen LogP contribution is 2.36. The van der Waals surface area contributed by atoms with Crippen LogP contribution in [-0.2, 0) is 9.84 Å². The van der Waals surface area contributed by atoms with E-state index in [1.807, 2.05) is 0 Å². The molecule has 1 rings (SSSR count). The molecule has 90 valence electrons. The summed E-state index contributed by atoms with van der Waals surface area (Å²) in [6.45, 7) is 4.46. The van der Waals surface area contributed by atoms with E-state index in [1.165, 1.54) is 6.92 Å². The molecule has 4 heteroatoms. The Morgan fingerprint density at radius 2 is 1.67 bits per heavy atom. The largest absolute Gasteiger partial charge is 0.226 e. The third-order valence-corrected chi connectivity index (χ3v) is 6.51. The van der Waals surface area contributed by atoms with Gasteiger partial charge in [0, 0.05) is 5.92 Å². The summed E-state index contributed by atoms with van der Waals surface area (Å²) in [5.41, 5.74) is 0. The first-order valence-electron chi connectivity index (χ1n) is 5.72. The molecule has 1 unspecified atom stereocenters. The lowest BCUT2D eigenvalue weighted by atomic mass is 10.0. The molecule has 1 aliphatic carbocycles. The highest BCUT2D eigenvalue weighted by molar-refractivity contribution is 7.93. The van der Waals surface area contributed by atoms with E-state index in [0.717, 1.165) is 19.3 Å². The topological polar surface area (TPSA) is 34.1 Å². The van der Waals surface area contributed by atoms with Crippen molar-refractivity contribution >= 4 is 9.84 Å². The molecule has 1 fully saturated rings. The quantitative estimate of drug-likeness (QED) is 0.754. The van der Waals surface area contributed by atoms with E-state index in [0.29, 0.717) is 12.8 Å². The molecule has 1 atom stereocenters. The summed E-state index contributed by atoms with van der Waals surface area (Å²) in [6.07, 6.45) is 4.18. The van der Waals surface area contributed by atoms with E-state index in [2.05, 4.69) is 0 Å². The standard InChI is InChI=1S/C11H21FO2S/c1-9(2)11(3,12)15(13,14)10-7-5-4-6-8-10/h9-10H,4-8H2,1-3H3. The summed E-state index contributed by atoms with van der Waals surface area (Å²) >= 11 is 0. The molecule has 15 heavy (non-hydrogen) atoms. The Bertz CT molecular complexity index is 301. The maximum absolute atomic E-state index is 14.2. The van der Waals surface area contributed by atoms with Gasteiger partial charge in [-0.25, -0.2) is 12.8 Å². The second-order valence-electron chi connectivity index (χ2n) is 4.95. The van der Waals surface area contributed by atoms with Crippen LogP contribution in [0.2, 0.25) is 0 Å². The number of halogens is 1. The Morgan fingerprint density at radius 3 is 2.07 bits per heavy atom. The smallest absolute Gasteiger partial charge is 0.210 e. The molecule has 0 amide bonds. The summed E-state index contributed by atoms with van der Waals surface area (Å²) in [7, 11) is -3.63. The Morgan fingerprint density at radius 1 is 1.20 bits per heavy atom. The zero-order valence-electron chi connectivity index (χ0n) is 9.79. The second-order valence-corrected chi connectivity index (χ2v) is 7.50. The van der Waals surface area contributed by atoms with Crippen LogP contribution in [-0.4, -0.2) is 18.7 Å². The fraction of sp³-hybridized carbons (Fsp3) is 1.00. The van der Waals surface area contributed by atoms with Crippen molar-refractivity contribution in [2.24, 2.45) is 5.92 Å². The average Bonchev–Trinajstić information content (AvgIpc) is 2.18. The third-order valence-electron chi connectivity index (χ3n) is 3.58. The van der Waals surface area contributed by atoms with Gasteiger partial charge in [0.1, 0.15) is 0 Å². The molecule has 1 aliphatic rings. The third kappa shape index (κ3) is 2.35. The van der Waals surface area contributed by atoms with Crippen molar-refractivity contribution in [2.45, 2.75) is 63.1 Å². The van der Waals surface area contributed by atoms with Gasteiger partial charge < -0.3 is 0 Å². The van der Waals surface area contributed by atoms with Crippen molar-refractivity contribution < 1.29 is 12.8 Å². The number of sulfone groups is 1. The fourth-order valence-corrected chi connectivity index (χ4v) is 4.29. The number of rotatable bonds is 3. The van der Waals surface area contributed by atoms with Crippen LogP contribution in [0.1, 0.15) is 52.9 Å². The molecular formula is C11H21FO2S. The van der Waals surface area contributed by atoms with Crippen LogP contribution < -0.4 is 0 Å². The number of alkyl halides is 1. The maximum atomic E-state index is 14.2. The van der Waals surface area contributed by atoms with Crippen molar-refractivity contribution in [1.29, 1.82) is 0 Å². The minimum Gasteiger partial charge on any atom is -0.226 e. The second kappa shape index (κ2) is 4.40. The Balaban J connectivity index is 2.90. The number of hydrogen-bond donors (Lipinski definition) is 0. The van der Waals surface area contributed by atoms with Gasteiger partial charge in [-0.05, 0) is 19.8 Å². The van der Waals surface area contributed by atoms with Gasteiger partial charge >= 0.3 is 0 Å². The summed E-state index contributed by atoms with van der Waals surface area (Å²) in [4.78, 5) is 0. The normalized spacial score (nSPS) is 24.1. The molecule has 0 aromatic carbocycles. The summed E-state index contributed by atoms with van der Waals surface area (Å²) in [5.74, 6) is -0.482. The predicted molar refractivity (Wildman–Crippen MR) is 60.1 cm³/mol. The first-order valence-corrected chi connectivity index (χ1v) is 7.27.